The number of aromatic nitrogens is 1. The molecule has 0 aromatic carbocycles. The van der Waals surface area contributed by atoms with Crippen molar-refractivity contribution in [2.45, 2.75) is 19.9 Å². The van der Waals surface area contributed by atoms with Gasteiger partial charge >= 0.3 is 5.95 Å². The fourth-order valence-corrected chi connectivity index (χ4v) is 1.36. The van der Waals surface area contributed by atoms with Gasteiger partial charge in [-0.2, -0.15) is 0 Å². The molecule has 0 saturated carbocycles. The average molecular weight is 168 g/mol. The second kappa shape index (κ2) is 3.15. The van der Waals surface area contributed by atoms with E-state index in [1.165, 1.54) is 0 Å². The van der Waals surface area contributed by atoms with Gasteiger partial charge in [-0.3, -0.25) is 0 Å². The van der Waals surface area contributed by atoms with Crippen molar-refractivity contribution in [1.82, 2.24) is 10.5 Å². The molecule has 2 rings (SSSR count). The molecule has 0 saturated heterocycles. The molecule has 1 aliphatic rings. The fourth-order valence-electron chi connectivity index (χ4n) is 1.36. The highest BCUT2D eigenvalue weighted by Gasteiger charge is 2.19. The Morgan fingerprint density at radius 1 is 1.67 bits per heavy atom. The number of fused-ring (bicyclic) bond motifs is 1. The van der Waals surface area contributed by atoms with Gasteiger partial charge in [-0.05, 0) is 6.92 Å². The minimum Gasteiger partial charge on any atom is -0.464 e. The lowest BCUT2D eigenvalue weighted by atomic mass is 10.1. The van der Waals surface area contributed by atoms with E-state index in [0.717, 1.165) is 30.8 Å². The van der Waals surface area contributed by atoms with E-state index >= 15 is 0 Å². The molecule has 0 amide bonds. The van der Waals surface area contributed by atoms with Crippen molar-refractivity contribution < 1.29 is 9.26 Å². The average Bonchev–Trinajstić information content (AvgIpc) is 2.50. The van der Waals surface area contributed by atoms with Gasteiger partial charge in [0.05, 0.1) is 17.9 Å². The molecule has 0 atom stereocenters. The summed E-state index contributed by atoms with van der Waals surface area (Å²) in [5.41, 5.74) is 2.13. The molecule has 0 unspecified atom stereocenters. The molecule has 1 aromatic rings. The number of nitrogens with one attached hydrogen (secondary N) is 1. The molecular formula is C8H12N2O2. The van der Waals surface area contributed by atoms with Gasteiger partial charge in [-0.1, -0.05) is 5.16 Å². The Morgan fingerprint density at radius 2 is 2.58 bits per heavy atom. The Morgan fingerprint density at radius 3 is 3.42 bits per heavy atom. The van der Waals surface area contributed by atoms with Gasteiger partial charge in [0.2, 0.25) is 0 Å². The molecule has 66 valence electrons. The van der Waals surface area contributed by atoms with Crippen LogP contribution in [-0.4, -0.2) is 18.3 Å². The number of rotatable bonds is 2. The van der Waals surface area contributed by atoms with Crippen LogP contribution in [0.3, 0.4) is 0 Å². The van der Waals surface area contributed by atoms with Crippen LogP contribution in [-0.2, 0) is 13.0 Å². The molecule has 0 bridgehead atoms. The van der Waals surface area contributed by atoms with Gasteiger partial charge < -0.3 is 14.6 Å². The zero-order valence-electron chi connectivity index (χ0n) is 7.09. The third-order valence-electron chi connectivity index (χ3n) is 1.95. The van der Waals surface area contributed by atoms with Crippen molar-refractivity contribution in [2.75, 3.05) is 13.2 Å². The van der Waals surface area contributed by atoms with E-state index in [1.54, 1.807) is 0 Å². The quantitative estimate of drug-likeness (QED) is 0.706. The second-order valence-electron chi connectivity index (χ2n) is 2.76. The Hall–Kier alpha value is -1.03. The lowest BCUT2D eigenvalue weighted by molar-refractivity contribution is 0.222. The van der Waals surface area contributed by atoms with Crippen LogP contribution in [0.25, 0.3) is 0 Å². The zero-order chi connectivity index (χ0) is 8.39. The molecule has 1 aliphatic heterocycles. The summed E-state index contributed by atoms with van der Waals surface area (Å²) >= 11 is 0. The summed E-state index contributed by atoms with van der Waals surface area (Å²) in [5, 5.41) is 7.18. The van der Waals surface area contributed by atoms with Gasteiger partial charge in [0.1, 0.15) is 0 Å². The number of hydrogen-bond acceptors (Lipinski definition) is 4. The Kier molecular flexibility index (Phi) is 1.99. The van der Waals surface area contributed by atoms with E-state index in [1.807, 2.05) is 6.92 Å². The van der Waals surface area contributed by atoms with Crippen LogP contribution in [0.2, 0.25) is 0 Å². The summed E-state index contributed by atoms with van der Waals surface area (Å²) in [6, 6.07) is 0. The Bertz CT molecular complexity index is 270. The SMILES string of the molecule is CCOc1onc2c1CNCC2. The first-order chi connectivity index (χ1) is 5.92. The van der Waals surface area contributed by atoms with Crippen molar-refractivity contribution in [1.29, 1.82) is 0 Å². The van der Waals surface area contributed by atoms with Gasteiger partial charge in [-0.15, -0.1) is 0 Å². The van der Waals surface area contributed by atoms with Gasteiger partial charge in [-0.25, -0.2) is 0 Å². The molecule has 0 fully saturated rings. The standard InChI is InChI=1S/C8H12N2O2/c1-2-11-8-6-5-9-4-3-7(6)10-12-8/h9H,2-5H2,1H3. The van der Waals surface area contributed by atoms with E-state index in [9.17, 15) is 0 Å². The molecule has 0 radical (unpaired) electrons. The lowest BCUT2D eigenvalue weighted by Crippen LogP contribution is -2.23. The fraction of sp³-hybridized carbons (Fsp3) is 0.625. The van der Waals surface area contributed by atoms with E-state index in [-0.39, 0.29) is 0 Å². The molecule has 12 heavy (non-hydrogen) atoms. The maximum absolute atomic E-state index is 5.28. The van der Waals surface area contributed by atoms with Crippen molar-refractivity contribution in [3.05, 3.63) is 11.3 Å². The summed E-state index contributed by atoms with van der Waals surface area (Å²) in [4.78, 5) is 0. The summed E-state index contributed by atoms with van der Waals surface area (Å²) in [6.07, 6.45) is 0.936. The van der Waals surface area contributed by atoms with E-state index < -0.39 is 0 Å². The second-order valence-corrected chi connectivity index (χ2v) is 2.76. The topological polar surface area (TPSA) is 47.3 Å². The maximum atomic E-state index is 5.28. The zero-order valence-corrected chi connectivity index (χ0v) is 7.09. The molecule has 4 heteroatoms. The predicted molar refractivity (Wildman–Crippen MR) is 43.1 cm³/mol. The first-order valence-corrected chi connectivity index (χ1v) is 4.22. The largest absolute Gasteiger partial charge is 0.464 e. The highest BCUT2D eigenvalue weighted by molar-refractivity contribution is 5.29. The molecule has 0 spiro atoms. The number of ether oxygens (including phenoxy) is 1. The molecule has 1 N–H and O–H groups in total. The van der Waals surface area contributed by atoms with Crippen LogP contribution in [0.1, 0.15) is 18.2 Å². The first-order valence-electron chi connectivity index (χ1n) is 4.22. The van der Waals surface area contributed by atoms with Crippen LogP contribution in [0.4, 0.5) is 0 Å². The monoisotopic (exact) mass is 168 g/mol. The van der Waals surface area contributed by atoms with Crippen LogP contribution >= 0.6 is 0 Å². The predicted octanol–water partition coefficient (Wildman–Crippen LogP) is 0.719. The number of hydrogen-bond donors (Lipinski definition) is 1. The number of nitrogens with zero attached hydrogens (tertiary/aromatic N) is 1. The van der Waals surface area contributed by atoms with Gasteiger partial charge in [0.15, 0.2) is 0 Å². The van der Waals surface area contributed by atoms with Crippen LogP contribution in [0.5, 0.6) is 5.95 Å². The van der Waals surface area contributed by atoms with Gasteiger partial charge in [0, 0.05) is 19.5 Å². The normalized spacial score (nSPS) is 15.8. The Balaban J connectivity index is 2.25. The van der Waals surface area contributed by atoms with E-state index in [2.05, 4.69) is 10.5 Å². The highest BCUT2D eigenvalue weighted by Crippen LogP contribution is 2.24. The van der Waals surface area contributed by atoms with Gasteiger partial charge in [0.25, 0.3) is 0 Å². The Labute approximate surface area is 70.9 Å². The van der Waals surface area contributed by atoms with E-state index in [4.69, 9.17) is 9.26 Å². The minimum absolute atomic E-state index is 0.583. The minimum atomic E-state index is 0.583. The van der Waals surface area contributed by atoms with Crippen molar-refractivity contribution >= 4 is 0 Å². The lowest BCUT2D eigenvalue weighted by Gasteiger charge is -2.10. The third kappa shape index (κ3) is 1.18. The van der Waals surface area contributed by atoms with Crippen LogP contribution in [0, 0.1) is 0 Å². The van der Waals surface area contributed by atoms with Crippen LogP contribution in [0.15, 0.2) is 4.52 Å². The summed E-state index contributed by atoms with van der Waals surface area (Å²) in [7, 11) is 0. The highest BCUT2D eigenvalue weighted by atomic mass is 16.6. The smallest absolute Gasteiger partial charge is 0.315 e. The summed E-state index contributed by atoms with van der Waals surface area (Å²) in [6.45, 7) is 4.35. The first kappa shape index (κ1) is 7.61. The van der Waals surface area contributed by atoms with Crippen molar-refractivity contribution in [3.63, 3.8) is 0 Å². The molecule has 0 aliphatic carbocycles. The van der Waals surface area contributed by atoms with Crippen LogP contribution < -0.4 is 10.1 Å². The third-order valence-corrected chi connectivity index (χ3v) is 1.95. The molecule has 2 heterocycles. The summed E-state index contributed by atoms with van der Waals surface area (Å²) in [5.74, 6) is 0.583. The molecule has 1 aromatic heterocycles. The van der Waals surface area contributed by atoms with Crippen molar-refractivity contribution in [2.24, 2.45) is 0 Å². The maximum Gasteiger partial charge on any atom is 0.315 e. The molecule has 4 nitrogen and oxygen atoms in total. The van der Waals surface area contributed by atoms with E-state index in [0.29, 0.717) is 12.6 Å². The summed E-state index contributed by atoms with van der Waals surface area (Å²) < 4.78 is 10.3. The molecular weight excluding hydrogens is 156 g/mol. The van der Waals surface area contributed by atoms with Crippen molar-refractivity contribution in [3.8, 4) is 5.95 Å².